The fraction of sp³-hybridized carbons (Fsp3) is 0.588. The topological polar surface area (TPSA) is 94.9 Å². The van der Waals surface area contributed by atoms with Crippen LogP contribution in [0, 0.1) is 12.3 Å². The summed E-state index contributed by atoms with van der Waals surface area (Å²) < 4.78 is 28.1. The summed E-state index contributed by atoms with van der Waals surface area (Å²) in [5.74, 6) is -1.14. The Hall–Kier alpha value is -1.44. The zero-order valence-electron chi connectivity index (χ0n) is 13.9. The second kappa shape index (κ2) is 5.82. The van der Waals surface area contributed by atoms with E-state index in [0.29, 0.717) is 12.0 Å². The van der Waals surface area contributed by atoms with E-state index >= 15 is 0 Å². The molecule has 2 fully saturated rings. The maximum atomic E-state index is 13.3. The van der Waals surface area contributed by atoms with E-state index < -0.39 is 16.0 Å². The Kier molecular flexibility index (Phi) is 4.22. The number of carboxylic acid groups (broad SMARTS) is 1. The molecule has 0 saturated carbocycles. The summed E-state index contributed by atoms with van der Waals surface area (Å²) in [7, 11) is -3.79. The molecule has 0 radical (unpaired) electrons. The second-order valence-electron chi connectivity index (χ2n) is 6.95. The van der Waals surface area contributed by atoms with E-state index in [-0.39, 0.29) is 34.6 Å². The lowest BCUT2D eigenvalue weighted by molar-refractivity contribution is 0.0696. The Morgan fingerprint density at radius 2 is 2.08 bits per heavy atom. The molecule has 0 amide bonds. The highest BCUT2D eigenvalue weighted by Crippen LogP contribution is 2.53. The predicted octanol–water partition coefficient (Wildman–Crippen LogP) is 2.01. The van der Waals surface area contributed by atoms with Crippen molar-refractivity contribution in [3.8, 4) is 0 Å². The van der Waals surface area contributed by atoms with Crippen molar-refractivity contribution < 1.29 is 23.4 Å². The number of aliphatic hydroxyl groups is 1. The Bertz CT molecular complexity index is 769. The number of rotatable bonds is 5. The molecule has 0 unspecified atom stereocenters. The first-order valence-corrected chi connectivity index (χ1v) is 9.69. The van der Waals surface area contributed by atoms with Gasteiger partial charge in [-0.3, -0.25) is 0 Å². The Labute approximate surface area is 142 Å². The van der Waals surface area contributed by atoms with E-state index in [4.69, 9.17) is 5.11 Å². The van der Waals surface area contributed by atoms with Gasteiger partial charge in [0.1, 0.15) is 0 Å². The lowest BCUT2D eigenvalue weighted by Crippen LogP contribution is -2.42. The monoisotopic (exact) mass is 353 g/mol. The molecule has 2 aliphatic rings. The van der Waals surface area contributed by atoms with Crippen molar-refractivity contribution in [3.05, 3.63) is 29.3 Å². The van der Waals surface area contributed by atoms with Crippen LogP contribution in [-0.2, 0) is 10.0 Å². The number of benzene rings is 1. The molecule has 24 heavy (non-hydrogen) atoms. The van der Waals surface area contributed by atoms with E-state index in [0.717, 1.165) is 19.3 Å². The number of hydrogen-bond donors (Lipinski definition) is 2. The molecule has 0 aliphatic carbocycles. The summed E-state index contributed by atoms with van der Waals surface area (Å²) in [6.45, 7) is 3.64. The van der Waals surface area contributed by atoms with Crippen LogP contribution >= 0.6 is 0 Å². The number of sulfonamides is 1. The highest BCUT2D eigenvalue weighted by atomic mass is 32.2. The number of fused-ring (bicyclic) bond motifs is 2. The molecule has 2 bridgehead atoms. The summed E-state index contributed by atoms with van der Waals surface area (Å²) in [5.41, 5.74) is 0.126. The SMILES string of the molecule is CC[C@@]1(CO)C[C@@H]2CC[C@H]1N2S(=O)(=O)c1cc(C(=O)O)ccc1C. The molecule has 1 aromatic carbocycles. The fourth-order valence-corrected chi connectivity index (χ4v) is 6.60. The van der Waals surface area contributed by atoms with Crippen molar-refractivity contribution in [1.29, 1.82) is 0 Å². The van der Waals surface area contributed by atoms with Gasteiger partial charge in [0.25, 0.3) is 0 Å². The van der Waals surface area contributed by atoms with E-state index in [1.54, 1.807) is 11.2 Å². The Balaban J connectivity index is 2.07. The van der Waals surface area contributed by atoms with Crippen molar-refractivity contribution in [3.63, 3.8) is 0 Å². The molecule has 132 valence electrons. The van der Waals surface area contributed by atoms with Gasteiger partial charge in [-0.25, -0.2) is 13.2 Å². The Morgan fingerprint density at radius 3 is 2.62 bits per heavy atom. The summed E-state index contributed by atoms with van der Waals surface area (Å²) in [6.07, 6.45) is 2.94. The van der Waals surface area contributed by atoms with Crippen molar-refractivity contribution in [2.75, 3.05) is 6.61 Å². The average Bonchev–Trinajstić information content (AvgIpc) is 3.11. The van der Waals surface area contributed by atoms with E-state index in [2.05, 4.69) is 0 Å². The van der Waals surface area contributed by atoms with Gasteiger partial charge in [0.05, 0.1) is 17.1 Å². The molecule has 0 spiro atoms. The van der Waals surface area contributed by atoms with Crippen LogP contribution in [0.15, 0.2) is 23.1 Å². The zero-order valence-corrected chi connectivity index (χ0v) is 14.7. The van der Waals surface area contributed by atoms with Crippen LogP contribution in [0.5, 0.6) is 0 Å². The molecule has 2 heterocycles. The number of carboxylic acids is 1. The minimum atomic E-state index is -3.79. The van der Waals surface area contributed by atoms with Crippen molar-refractivity contribution in [1.82, 2.24) is 4.31 Å². The summed E-state index contributed by atoms with van der Waals surface area (Å²) in [5, 5.41) is 19.0. The zero-order chi connectivity index (χ0) is 17.7. The number of nitrogens with zero attached hydrogens (tertiary/aromatic N) is 1. The number of aliphatic hydroxyl groups excluding tert-OH is 1. The third kappa shape index (κ3) is 2.37. The highest BCUT2D eigenvalue weighted by Gasteiger charge is 2.58. The van der Waals surface area contributed by atoms with Crippen LogP contribution in [0.2, 0.25) is 0 Å². The molecule has 2 aliphatic heterocycles. The van der Waals surface area contributed by atoms with Gasteiger partial charge in [-0.2, -0.15) is 4.31 Å². The maximum absolute atomic E-state index is 13.3. The van der Waals surface area contributed by atoms with Crippen LogP contribution < -0.4 is 0 Å². The molecule has 7 heteroatoms. The Morgan fingerprint density at radius 1 is 1.38 bits per heavy atom. The first-order chi connectivity index (χ1) is 11.3. The first-order valence-electron chi connectivity index (χ1n) is 8.25. The molecule has 3 atom stereocenters. The van der Waals surface area contributed by atoms with Crippen molar-refractivity contribution >= 4 is 16.0 Å². The van der Waals surface area contributed by atoms with E-state index in [1.807, 2.05) is 6.92 Å². The molecule has 2 saturated heterocycles. The third-order valence-electron chi connectivity index (χ3n) is 5.80. The average molecular weight is 353 g/mol. The van der Waals surface area contributed by atoms with E-state index in [1.165, 1.54) is 18.2 Å². The summed E-state index contributed by atoms with van der Waals surface area (Å²) in [6, 6.07) is 3.87. The standard InChI is InChI=1S/C17H23NO5S/c1-3-17(10-19)9-13-6-7-15(17)18(13)24(22,23)14-8-12(16(20)21)5-4-11(14)2/h4-5,8,13,15,19H,3,6-7,9-10H2,1-2H3,(H,20,21)/t13-,15+,17-/m0/s1. The van der Waals surface area contributed by atoms with Crippen LogP contribution in [-0.4, -0.2) is 47.6 Å². The van der Waals surface area contributed by atoms with Gasteiger partial charge >= 0.3 is 5.97 Å². The van der Waals surface area contributed by atoms with Crippen molar-refractivity contribution in [2.24, 2.45) is 5.41 Å². The minimum Gasteiger partial charge on any atom is -0.478 e. The lowest BCUT2D eigenvalue weighted by atomic mass is 9.72. The van der Waals surface area contributed by atoms with Crippen LogP contribution in [0.25, 0.3) is 0 Å². The van der Waals surface area contributed by atoms with Gasteiger partial charge in [-0.15, -0.1) is 0 Å². The fourth-order valence-electron chi connectivity index (χ4n) is 4.38. The van der Waals surface area contributed by atoms with Crippen LogP contribution in [0.4, 0.5) is 0 Å². The van der Waals surface area contributed by atoms with Crippen LogP contribution in [0.3, 0.4) is 0 Å². The number of hydrogen-bond acceptors (Lipinski definition) is 4. The van der Waals surface area contributed by atoms with Gasteiger partial charge in [0.2, 0.25) is 10.0 Å². The third-order valence-corrected chi connectivity index (χ3v) is 7.90. The predicted molar refractivity (Wildman–Crippen MR) is 88.4 cm³/mol. The van der Waals surface area contributed by atoms with Gasteiger partial charge < -0.3 is 10.2 Å². The van der Waals surface area contributed by atoms with Gasteiger partial charge in [-0.05, 0) is 50.3 Å². The molecule has 1 aromatic rings. The first kappa shape index (κ1) is 17.4. The molecular weight excluding hydrogens is 330 g/mol. The maximum Gasteiger partial charge on any atom is 0.335 e. The van der Waals surface area contributed by atoms with Crippen molar-refractivity contribution in [2.45, 2.75) is 56.5 Å². The number of aromatic carboxylic acids is 1. The number of carbonyl (C=O) groups is 1. The highest BCUT2D eigenvalue weighted by molar-refractivity contribution is 7.89. The molecule has 3 rings (SSSR count). The quantitative estimate of drug-likeness (QED) is 0.844. The smallest absolute Gasteiger partial charge is 0.335 e. The molecular formula is C17H23NO5S. The van der Waals surface area contributed by atoms with Crippen LogP contribution in [0.1, 0.15) is 48.5 Å². The molecule has 2 N–H and O–H groups in total. The van der Waals surface area contributed by atoms with Gasteiger partial charge in [0.15, 0.2) is 0 Å². The molecule has 6 nitrogen and oxygen atoms in total. The van der Waals surface area contributed by atoms with Gasteiger partial charge in [0, 0.05) is 17.5 Å². The second-order valence-corrected chi connectivity index (χ2v) is 8.76. The normalized spacial score (nSPS) is 30.0. The van der Waals surface area contributed by atoms with E-state index in [9.17, 15) is 18.3 Å². The van der Waals surface area contributed by atoms with Gasteiger partial charge in [-0.1, -0.05) is 13.0 Å². The lowest BCUT2D eigenvalue weighted by Gasteiger charge is -2.34. The summed E-state index contributed by atoms with van der Waals surface area (Å²) in [4.78, 5) is 11.3. The number of aryl methyl sites for hydroxylation is 1. The largest absolute Gasteiger partial charge is 0.478 e. The molecule has 0 aromatic heterocycles. The minimum absolute atomic E-state index is 0.0230. The summed E-state index contributed by atoms with van der Waals surface area (Å²) >= 11 is 0.